The Morgan fingerprint density at radius 3 is 1.93 bits per heavy atom. The van der Waals surface area contributed by atoms with Gasteiger partial charge in [0.05, 0.1) is 0 Å². The number of hydrazine groups is 1. The molecule has 0 aliphatic rings. The van der Waals surface area contributed by atoms with Crippen LogP contribution in [0.15, 0.2) is 78.9 Å². The molecule has 0 saturated heterocycles. The molecule has 146 valence electrons. The topological polar surface area (TPSA) is 84.5 Å². The number of carbonyl (C=O) groups is 3. The summed E-state index contributed by atoms with van der Waals surface area (Å²) in [5.74, 6) is -0.670. The van der Waals surface area contributed by atoms with Crippen LogP contribution in [0.3, 0.4) is 0 Å². The molecule has 3 aromatic carbocycles. The molecule has 3 aromatic rings. The minimum absolute atomic E-state index is 0.144. The van der Waals surface area contributed by atoms with Gasteiger partial charge in [0.2, 0.25) is 0 Å². The van der Waals surface area contributed by atoms with Crippen molar-refractivity contribution in [1.29, 1.82) is 0 Å². The van der Waals surface area contributed by atoms with Crippen LogP contribution in [0.4, 0.5) is 0 Å². The van der Waals surface area contributed by atoms with Crippen molar-refractivity contribution in [3.05, 3.63) is 101 Å². The molecule has 0 aliphatic carbocycles. The van der Waals surface area contributed by atoms with Crippen molar-refractivity contribution < 1.29 is 19.1 Å². The molecular weight excluding hydrogens is 392 g/mol. The maximum atomic E-state index is 12.4. The van der Waals surface area contributed by atoms with E-state index in [4.69, 9.17) is 16.3 Å². The monoisotopic (exact) mass is 408 g/mol. The van der Waals surface area contributed by atoms with E-state index in [-0.39, 0.29) is 12.4 Å². The summed E-state index contributed by atoms with van der Waals surface area (Å²) >= 11 is 5.83. The van der Waals surface area contributed by atoms with Crippen molar-refractivity contribution in [3.8, 4) is 5.75 Å². The molecule has 0 aromatic heterocycles. The number of halogens is 1. The zero-order chi connectivity index (χ0) is 20.6. The lowest BCUT2D eigenvalue weighted by atomic mass is 10.0. The summed E-state index contributed by atoms with van der Waals surface area (Å²) in [6, 6.07) is 21.5. The minimum atomic E-state index is -0.518. The fraction of sp³-hybridized carbons (Fsp3) is 0.0455. The zero-order valence-corrected chi connectivity index (χ0v) is 16.0. The Morgan fingerprint density at radius 1 is 0.724 bits per heavy atom. The summed E-state index contributed by atoms with van der Waals surface area (Å²) in [6.07, 6.45) is 0. The Kier molecular flexibility index (Phi) is 6.60. The maximum absolute atomic E-state index is 12.4. The Balaban J connectivity index is 1.48. The molecule has 0 unspecified atom stereocenters. The number of hydrogen-bond acceptors (Lipinski definition) is 4. The summed E-state index contributed by atoms with van der Waals surface area (Å²) in [5.41, 5.74) is 6.02. The fourth-order valence-electron chi connectivity index (χ4n) is 2.44. The average molecular weight is 409 g/mol. The first-order chi connectivity index (χ1) is 14.0. The van der Waals surface area contributed by atoms with Crippen LogP contribution in [0.1, 0.15) is 26.3 Å². The van der Waals surface area contributed by atoms with Gasteiger partial charge in [-0.1, -0.05) is 29.8 Å². The molecule has 2 amide bonds. The van der Waals surface area contributed by atoms with Gasteiger partial charge in [0.1, 0.15) is 5.75 Å². The lowest BCUT2D eigenvalue weighted by molar-refractivity contribution is -0.123. The predicted molar refractivity (Wildman–Crippen MR) is 109 cm³/mol. The van der Waals surface area contributed by atoms with Gasteiger partial charge in [0, 0.05) is 21.7 Å². The van der Waals surface area contributed by atoms with Gasteiger partial charge in [0.15, 0.2) is 12.4 Å². The second kappa shape index (κ2) is 9.52. The molecule has 0 saturated carbocycles. The predicted octanol–water partition coefficient (Wildman–Crippen LogP) is 3.41. The molecule has 0 spiro atoms. The van der Waals surface area contributed by atoms with E-state index in [2.05, 4.69) is 10.9 Å². The second-order valence-electron chi connectivity index (χ2n) is 6.02. The third kappa shape index (κ3) is 5.67. The summed E-state index contributed by atoms with van der Waals surface area (Å²) in [4.78, 5) is 36.1. The van der Waals surface area contributed by atoms with Gasteiger partial charge in [-0.15, -0.1) is 0 Å². The fourth-order valence-corrected chi connectivity index (χ4v) is 2.57. The molecule has 6 nitrogen and oxygen atoms in total. The molecule has 3 rings (SSSR count). The Labute approximate surface area is 172 Å². The molecule has 0 atom stereocenters. The van der Waals surface area contributed by atoms with E-state index in [9.17, 15) is 14.4 Å². The molecule has 0 fully saturated rings. The quantitative estimate of drug-likeness (QED) is 0.483. The van der Waals surface area contributed by atoms with Crippen LogP contribution in [0.2, 0.25) is 5.02 Å². The van der Waals surface area contributed by atoms with Crippen LogP contribution in [-0.4, -0.2) is 24.2 Å². The van der Waals surface area contributed by atoms with Gasteiger partial charge in [-0.2, -0.15) is 0 Å². The standard InChI is InChI=1S/C22H17ClN2O4/c23-18-10-6-15(7-11-18)21(27)16-8-12-19(13-9-16)29-14-20(26)24-25-22(28)17-4-2-1-3-5-17/h1-13H,14H2,(H,24,26)(H,25,28). The van der Waals surface area contributed by atoms with E-state index in [0.717, 1.165) is 0 Å². The zero-order valence-electron chi connectivity index (χ0n) is 15.2. The summed E-state index contributed by atoms with van der Waals surface area (Å²) in [7, 11) is 0. The number of ketones is 1. The molecular formula is C22H17ClN2O4. The highest BCUT2D eigenvalue weighted by Crippen LogP contribution is 2.17. The second-order valence-corrected chi connectivity index (χ2v) is 6.45. The molecule has 7 heteroatoms. The van der Waals surface area contributed by atoms with E-state index in [1.165, 1.54) is 0 Å². The summed E-state index contributed by atoms with van der Waals surface area (Å²) < 4.78 is 5.37. The number of carbonyl (C=O) groups excluding carboxylic acids is 3. The van der Waals surface area contributed by atoms with Gasteiger partial charge in [-0.25, -0.2) is 0 Å². The Bertz CT molecular complexity index is 1000. The number of nitrogens with one attached hydrogen (secondary N) is 2. The van der Waals surface area contributed by atoms with Crippen molar-refractivity contribution >= 4 is 29.2 Å². The van der Waals surface area contributed by atoms with E-state index < -0.39 is 11.8 Å². The van der Waals surface area contributed by atoms with Gasteiger partial charge < -0.3 is 4.74 Å². The van der Waals surface area contributed by atoms with Crippen molar-refractivity contribution in [2.45, 2.75) is 0 Å². The highest BCUT2D eigenvalue weighted by Gasteiger charge is 2.10. The van der Waals surface area contributed by atoms with Crippen molar-refractivity contribution in [1.82, 2.24) is 10.9 Å². The van der Waals surface area contributed by atoms with Crippen LogP contribution in [0, 0.1) is 0 Å². The highest BCUT2D eigenvalue weighted by molar-refractivity contribution is 6.30. The molecule has 29 heavy (non-hydrogen) atoms. The lowest BCUT2D eigenvalue weighted by Crippen LogP contribution is -2.43. The number of ether oxygens (including phenoxy) is 1. The van der Waals surface area contributed by atoms with E-state index in [1.807, 2.05) is 0 Å². The van der Waals surface area contributed by atoms with Gasteiger partial charge in [-0.3, -0.25) is 25.2 Å². The molecule has 0 radical (unpaired) electrons. The third-order valence-electron chi connectivity index (χ3n) is 3.94. The number of amides is 2. The number of rotatable bonds is 6. The molecule has 0 heterocycles. The van der Waals surface area contributed by atoms with Gasteiger partial charge in [0.25, 0.3) is 11.8 Å². The van der Waals surface area contributed by atoms with Crippen LogP contribution in [0.25, 0.3) is 0 Å². The minimum Gasteiger partial charge on any atom is -0.484 e. The van der Waals surface area contributed by atoms with Crippen molar-refractivity contribution in [2.75, 3.05) is 6.61 Å². The number of benzene rings is 3. The van der Waals surface area contributed by atoms with E-state index in [0.29, 0.717) is 27.5 Å². The van der Waals surface area contributed by atoms with Crippen molar-refractivity contribution in [3.63, 3.8) is 0 Å². The smallest absolute Gasteiger partial charge is 0.276 e. The van der Waals surface area contributed by atoms with Crippen LogP contribution in [-0.2, 0) is 4.79 Å². The third-order valence-corrected chi connectivity index (χ3v) is 4.20. The van der Waals surface area contributed by atoms with Gasteiger partial charge >= 0.3 is 0 Å². The normalized spacial score (nSPS) is 10.1. The Morgan fingerprint density at radius 2 is 1.31 bits per heavy atom. The number of hydrogen-bond donors (Lipinski definition) is 2. The molecule has 0 aliphatic heterocycles. The van der Waals surface area contributed by atoms with Gasteiger partial charge in [-0.05, 0) is 60.7 Å². The first-order valence-electron chi connectivity index (χ1n) is 8.70. The van der Waals surface area contributed by atoms with E-state index in [1.54, 1.807) is 78.9 Å². The summed E-state index contributed by atoms with van der Waals surface area (Å²) in [5, 5.41) is 0.559. The largest absolute Gasteiger partial charge is 0.484 e. The maximum Gasteiger partial charge on any atom is 0.276 e. The first-order valence-corrected chi connectivity index (χ1v) is 9.08. The molecule has 2 N–H and O–H groups in total. The van der Waals surface area contributed by atoms with Crippen LogP contribution in [0.5, 0.6) is 5.75 Å². The first kappa shape index (κ1) is 20.1. The van der Waals surface area contributed by atoms with Crippen LogP contribution >= 0.6 is 11.6 Å². The van der Waals surface area contributed by atoms with E-state index >= 15 is 0 Å². The van der Waals surface area contributed by atoms with Crippen molar-refractivity contribution in [2.24, 2.45) is 0 Å². The lowest BCUT2D eigenvalue weighted by Gasteiger charge is -2.09. The van der Waals surface area contributed by atoms with Crippen LogP contribution < -0.4 is 15.6 Å². The SMILES string of the molecule is O=C(COc1ccc(C(=O)c2ccc(Cl)cc2)cc1)NNC(=O)c1ccccc1. The Hall–Kier alpha value is -3.64. The molecule has 0 bridgehead atoms. The summed E-state index contributed by atoms with van der Waals surface area (Å²) in [6.45, 7) is -0.292. The highest BCUT2D eigenvalue weighted by atomic mass is 35.5. The average Bonchev–Trinajstić information content (AvgIpc) is 2.77.